The highest BCUT2D eigenvalue weighted by atomic mass is 16.3. The van der Waals surface area contributed by atoms with Crippen LogP contribution in [0.4, 0.5) is 0 Å². The Hall–Kier alpha value is -0.670. The molecule has 4 aliphatic rings. The number of hydrogen-bond donors (Lipinski definition) is 2. The predicted molar refractivity (Wildman–Crippen MR) is 97.8 cm³/mol. The number of aliphatic hydroxyl groups is 2. The number of rotatable bonds is 1. The molecular formula is C22H34O3. The van der Waals surface area contributed by atoms with Crippen molar-refractivity contribution in [2.24, 2.45) is 46.3 Å². The van der Waals surface area contributed by atoms with Gasteiger partial charge in [0.2, 0.25) is 0 Å². The molecular weight excluding hydrogens is 312 g/mol. The summed E-state index contributed by atoms with van der Waals surface area (Å²) in [6.45, 7) is 8.98. The largest absolute Gasteiger partial charge is 0.395 e. The van der Waals surface area contributed by atoms with Crippen LogP contribution in [0.1, 0.15) is 59.8 Å². The number of Topliss-reactive ketones (excluding diaryl/α,β-unsaturated/α-hetero) is 1. The molecule has 0 aromatic rings. The van der Waals surface area contributed by atoms with Crippen molar-refractivity contribution < 1.29 is 15.0 Å². The van der Waals surface area contributed by atoms with E-state index >= 15 is 0 Å². The lowest BCUT2D eigenvalue weighted by molar-refractivity contribution is -0.138. The van der Waals surface area contributed by atoms with E-state index in [1.165, 1.54) is 5.57 Å². The maximum Gasteiger partial charge on any atom is 0.140 e. The lowest BCUT2D eigenvalue weighted by Gasteiger charge is -2.62. The third kappa shape index (κ3) is 2.09. The van der Waals surface area contributed by atoms with E-state index in [0.717, 1.165) is 25.7 Å². The maximum absolute atomic E-state index is 12.5. The molecule has 0 bridgehead atoms. The highest BCUT2D eigenvalue weighted by Crippen LogP contribution is 2.67. The lowest BCUT2D eigenvalue weighted by atomic mass is 9.43. The van der Waals surface area contributed by atoms with Crippen molar-refractivity contribution in [1.29, 1.82) is 0 Å². The van der Waals surface area contributed by atoms with Gasteiger partial charge in [0.05, 0.1) is 12.7 Å². The van der Waals surface area contributed by atoms with Crippen LogP contribution in [0.15, 0.2) is 11.6 Å². The Balaban J connectivity index is 1.83. The number of hydrogen-bond acceptors (Lipinski definition) is 3. The van der Waals surface area contributed by atoms with Gasteiger partial charge in [-0.05, 0) is 60.7 Å². The summed E-state index contributed by atoms with van der Waals surface area (Å²) in [6, 6.07) is 0. The number of ketones is 1. The highest BCUT2D eigenvalue weighted by Gasteiger charge is 2.63. The number of fused-ring (bicyclic) bond motifs is 5. The Morgan fingerprint density at radius 1 is 1.16 bits per heavy atom. The molecule has 0 amide bonds. The van der Waals surface area contributed by atoms with Gasteiger partial charge in [-0.3, -0.25) is 4.79 Å². The molecule has 0 saturated heterocycles. The highest BCUT2D eigenvalue weighted by molar-refractivity contribution is 5.85. The van der Waals surface area contributed by atoms with Gasteiger partial charge in [-0.15, -0.1) is 0 Å². The van der Waals surface area contributed by atoms with Gasteiger partial charge in [-0.2, -0.15) is 0 Å². The van der Waals surface area contributed by atoms with E-state index < -0.39 is 0 Å². The van der Waals surface area contributed by atoms with Crippen molar-refractivity contribution in [2.75, 3.05) is 6.61 Å². The van der Waals surface area contributed by atoms with Gasteiger partial charge in [-0.25, -0.2) is 0 Å². The zero-order valence-electron chi connectivity index (χ0n) is 16.2. The monoisotopic (exact) mass is 346 g/mol. The van der Waals surface area contributed by atoms with Gasteiger partial charge in [0.25, 0.3) is 0 Å². The minimum Gasteiger partial charge on any atom is -0.395 e. The molecule has 9 atom stereocenters. The first-order valence-corrected chi connectivity index (χ1v) is 10.3. The molecule has 4 aliphatic carbocycles. The molecule has 0 aliphatic heterocycles. The fraction of sp³-hybridized carbons (Fsp3) is 0.864. The van der Waals surface area contributed by atoms with E-state index in [2.05, 4.69) is 26.8 Å². The fourth-order valence-electron chi connectivity index (χ4n) is 7.66. The first kappa shape index (κ1) is 17.7. The van der Waals surface area contributed by atoms with Crippen molar-refractivity contribution >= 4 is 5.78 Å². The fourth-order valence-corrected chi connectivity index (χ4v) is 7.66. The average Bonchev–Trinajstić information content (AvgIpc) is 2.88. The molecule has 0 aromatic carbocycles. The second-order valence-corrected chi connectivity index (χ2v) is 9.90. The van der Waals surface area contributed by atoms with Crippen LogP contribution in [0.25, 0.3) is 0 Å². The van der Waals surface area contributed by atoms with Crippen LogP contribution < -0.4 is 0 Å². The zero-order chi connectivity index (χ0) is 18.1. The average molecular weight is 347 g/mol. The van der Waals surface area contributed by atoms with E-state index in [0.29, 0.717) is 35.9 Å². The second-order valence-electron chi connectivity index (χ2n) is 9.90. The van der Waals surface area contributed by atoms with Crippen LogP contribution >= 0.6 is 0 Å². The molecule has 0 radical (unpaired) electrons. The van der Waals surface area contributed by atoms with Gasteiger partial charge >= 0.3 is 0 Å². The third-order valence-electron chi connectivity index (χ3n) is 9.13. The topological polar surface area (TPSA) is 57.5 Å². The SMILES string of the molecule is CC1C(=O)C[C@H](C)[C@@]2(CO)C1=C[C@@H](C)[C@H]1[C@@H]3CC[C@H](O)[C@@]3(C)CC[C@@H]12. The van der Waals surface area contributed by atoms with Gasteiger partial charge in [0.15, 0.2) is 0 Å². The summed E-state index contributed by atoms with van der Waals surface area (Å²) in [5.41, 5.74) is 1.05. The number of carbonyl (C=O) groups excluding carboxylic acids is 1. The molecule has 25 heavy (non-hydrogen) atoms. The van der Waals surface area contributed by atoms with Crippen molar-refractivity contribution in [1.82, 2.24) is 0 Å². The van der Waals surface area contributed by atoms with Gasteiger partial charge in [-0.1, -0.05) is 39.3 Å². The Morgan fingerprint density at radius 3 is 2.56 bits per heavy atom. The summed E-state index contributed by atoms with van der Waals surface area (Å²) >= 11 is 0. The van der Waals surface area contributed by atoms with Gasteiger partial charge < -0.3 is 10.2 Å². The van der Waals surface area contributed by atoms with Crippen molar-refractivity contribution in [3.63, 3.8) is 0 Å². The molecule has 3 nitrogen and oxygen atoms in total. The molecule has 0 aromatic heterocycles. The van der Waals surface area contributed by atoms with Crippen LogP contribution in [0.3, 0.4) is 0 Å². The summed E-state index contributed by atoms with van der Waals surface area (Å²) in [5, 5.41) is 21.3. The van der Waals surface area contributed by atoms with E-state index in [9.17, 15) is 15.0 Å². The Kier molecular flexibility index (Phi) is 4.01. The van der Waals surface area contributed by atoms with E-state index in [1.54, 1.807) is 0 Å². The standard InChI is InChI=1S/C22H34O3/c1-12-9-17-14(3)18(24)10-13(2)22(17,11-23)16-7-8-21(4)15(20(12)16)5-6-19(21)25/h9,12-16,19-20,23,25H,5-8,10-11H2,1-4H3/t12-,13+,14?,15+,16+,19+,20+,21+,22-/m1/s1. The van der Waals surface area contributed by atoms with Crippen LogP contribution in [0, 0.1) is 46.3 Å². The number of aliphatic hydroxyl groups excluding tert-OH is 2. The van der Waals surface area contributed by atoms with Crippen LogP contribution in [0.5, 0.6) is 0 Å². The summed E-state index contributed by atoms with van der Waals surface area (Å²) < 4.78 is 0. The summed E-state index contributed by atoms with van der Waals surface area (Å²) in [4.78, 5) is 12.5. The van der Waals surface area contributed by atoms with Crippen LogP contribution in [-0.4, -0.2) is 28.7 Å². The summed E-state index contributed by atoms with van der Waals surface area (Å²) in [7, 11) is 0. The minimum atomic E-state index is -0.223. The van der Waals surface area contributed by atoms with Crippen molar-refractivity contribution in [3.8, 4) is 0 Å². The molecule has 3 saturated carbocycles. The Labute approximate surface area is 151 Å². The van der Waals surface area contributed by atoms with Crippen molar-refractivity contribution in [2.45, 2.75) is 65.9 Å². The summed E-state index contributed by atoms with van der Waals surface area (Å²) in [5.74, 6) is 2.44. The van der Waals surface area contributed by atoms with Gasteiger partial charge in [0, 0.05) is 17.8 Å². The smallest absolute Gasteiger partial charge is 0.140 e. The Morgan fingerprint density at radius 2 is 1.88 bits per heavy atom. The van der Waals surface area contributed by atoms with Crippen molar-refractivity contribution in [3.05, 3.63) is 11.6 Å². The second kappa shape index (κ2) is 5.66. The van der Waals surface area contributed by atoms with Crippen LogP contribution in [0.2, 0.25) is 0 Å². The summed E-state index contributed by atoms with van der Waals surface area (Å²) in [6.07, 6.45) is 6.93. The molecule has 0 spiro atoms. The molecule has 0 heterocycles. The molecule has 3 fully saturated rings. The van der Waals surface area contributed by atoms with E-state index in [4.69, 9.17) is 0 Å². The number of allylic oxidation sites excluding steroid dienone is 1. The first-order valence-electron chi connectivity index (χ1n) is 10.3. The quantitative estimate of drug-likeness (QED) is 0.713. The third-order valence-corrected chi connectivity index (χ3v) is 9.13. The van der Waals surface area contributed by atoms with E-state index in [-0.39, 0.29) is 35.4 Å². The molecule has 4 rings (SSSR count). The predicted octanol–water partition coefficient (Wildman–Crippen LogP) is 3.59. The molecule has 3 heteroatoms. The Bertz CT molecular complexity index is 610. The minimum absolute atomic E-state index is 0.0384. The zero-order valence-corrected chi connectivity index (χ0v) is 16.2. The number of carbonyl (C=O) groups is 1. The van der Waals surface area contributed by atoms with Gasteiger partial charge in [0.1, 0.15) is 5.78 Å². The molecule has 1 unspecified atom stereocenters. The van der Waals surface area contributed by atoms with Crippen LogP contribution in [-0.2, 0) is 4.79 Å². The van der Waals surface area contributed by atoms with E-state index in [1.807, 2.05) is 6.92 Å². The maximum atomic E-state index is 12.5. The lowest BCUT2D eigenvalue weighted by Crippen LogP contribution is -2.59. The molecule has 2 N–H and O–H groups in total. The molecule has 140 valence electrons. The normalized spacial score (nSPS) is 55.2. The first-order chi connectivity index (χ1) is 11.8.